The predicted molar refractivity (Wildman–Crippen MR) is 152 cm³/mol. The minimum atomic E-state index is -0.947. The topological polar surface area (TPSA) is 131 Å². The van der Waals surface area contributed by atoms with Gasteiger partial charge in [-0.05, 0) is 66.1 Å². The molecule has 3 N–H and O–H groups in total. The number of Topliss-reactive ketones (excluding diaryl/α,β-unsaturated/α-hetero) is 1. The van der Waals surface area contributed by atoms with Gasteiger partial charge in [0.2, 0.25) is 0 Å². The number of aliphatic hydroxyl groups is 1. The summed E-state index contributed by atoms with van der Waals surface area (Å²) in [5, 5.41) is 22.6. The fraction of sp³-hybridized carbons (Fsp3) is 0.226. The first-order valence-electron chi connectivity index (χ1n) is 12.8. The van der Waals surface area contributed by atoms with Crippen molar-refractivity contribution in [3.63, 3.8) is 0 Å². The number of fused-ring (bicyclic) bond motifs is 1. The van der Waals surface area contributed by atoms with Crippen molar-refractivity contribution in [3.8, 4) is 28.7 Å². The minimum absolute atomic E-state index is 0.0874. The van der Waals surface area contributed by atoms with Crippen LogP contribution in [-0.4, -0.2) is 66.8 Å². The van der Waals surface area contributed by atoms with Gasteiger partial charge in [0, 0.05) is 29.2 Å². The van der Waals surface area contributed by atoms with Crippen LogP contribution in [0.3, 0.4) is 0 Å². The van der Waals surface area contributed by atoms with Crippen molar-refractivity contribution in [3.05, 3.63) is 83.1 Å². The standard InChI is InChI=1S/C31H30N2O8/c1-38-20-7-8-22-21(15-20)19(16-32-22)11-12-33-28(17-5-9-23(34)25(13-17)40-3)27(30(36)31(33)37)29(35)18-6-10-24(39-2)26(14-18)41-4/h5-10,13-16,28,32,34-35H,11-12H2,1-4H3/t28-/m0/s1. The Labute approximate surface area is 236 Å². The van der Waals surface area contributed by atoms with Crippen molar-refractivity contribution in [1.29, 1.82) is 0 Å². The van der Waals surface area contributed by atoms with E-state index in [0.717, 1.165) is 16.5 Å². The van der Waals surface area contributed by atoms with Gasteiger partial charge >= 0.3 is 0 Å². The minimum Gasteiger partial charge on any atom is -0.507 e. The van der Waals surface area contributed by atoms with Crippen LogP contribution >= 0.6 is 0 Å². The molecule has 2 heterocycles. The number of benzene rings is 3. The summed E-state index contributed by atoms with van der Waals surface area (Å²) in [6.07, 6.45) is 2.28. The molecule has 1 saturated heterocycles. The van der Waals surface area contributed by atoms with Crippen molar-refractivity contribution in [2.75, 3.05) is 35.0 Å². The number of amides is 1. The van der Waals surface area contributed by atoms with Crippen LogP contribution in [0.5, 0.6) is 28.7 Å². The molecule has 0 saturated carbocycles. The summed E-state index contributed by atoms with van der Waals surface area (Å²) >= 11 is 0. The molecule has 1 aliphatic heterocycles. The number of likely N-dealkylation sites (tertiary alicyclic amines) is 1. The zero-order valence-corrected chi connectivity index (χ0v) is 23.1. The maximum atomic E-state index is 13.5. The molecule has 4 aromatic rings. The first-order chi connectivity index (χ1) is 19.8. The molecular formula is C31H30N2O8. The molecule has 1 atom stereocenters. The average Bonchev–Trinajstić information content (AvgIpc) is 3.52. The third-order valence-corrected chi connectivity index (χ3v) is 7.31. The zero-order valence-electron chi connectivity index (χ0n) is 23.1. The first kappa shape index (κ1) is 27.4. The lowest BCUT2D eigenvalue weighted by molar-refractivity contribution is -0.139. The number of rotatable bonds is 9. The summed E-state index contributed by atoms with van der Waals surface area (Å²) in [6, 6.07) is 14.0. The van der Waals surface area contributed by atoms with Crippen LogP contribution in [-0.2, 0) is 16.0 Å². The molecule has 0 spiro atoms. The molecule has 0 aliphatic carbocycles. The van der Waals surface area contributed by atoms with Crippen molar-refractivity contribution < 1.29 is 38.7 Å². The Morgan fingerprint density at radius 2 is 1.63 bits per heavy atom. The number of nitrogens with one attached hydrogen (secondary N) is 1. The number of hydrogen-bond acceptors (Lipinski definition) is 8. The summed E-state index contributed by atoms with van der Waals surface area (Å²) in [4.78, 5) is 31.6. The van der Waals surface area contributed by atoms with E-state index in [1.54, 1.807) is 31.4 Å². The van der Waals surface area contributed by atoms with E-state index in [2.05, 4.69) is 4.98 Å². The number of carbonyl (C=O) groups excluding carboxylic acids is 2. The van der Waals surface area contributed by atoms with Gasteiger partial charge in [-0.15, -0.1) is 0 Å². The largest absolute Gasteiger partial charge is 0.507 e. The molecule has 0 radical (unpaired) electrons. The van der Waals surface area contributed by atoms with Crippen LogP contribution in [0.1, 0.15) is 22.7 Å². The van der Waals surface area contributed by atoms with Crippen molar-refractivity contribution in [2.24, 2.45) is 0 Å². The number of H-pyrrole nitrogens is 1. The van der Waals surface area contributed by atoms with E-state index in [1.807, 2.05) is 24.4 Å². The summed E-state index contributed by atoms with van der Waals surface area (Å²) in [5.41, 5.74) is 2.52. The third-order valence-electron chi connectivity index (χ3n) is 7.31. The highest BCUT2D eigenvalue weighted by Gasteiger charge is 2.46. The zero-order chi connectivity index (χ0) is 29.3. The number of aromatic hydroxyl groups is 1. The van der Waals surface area contributed by atoms with Gasteiger partial charge in [-0.25, -0.2) is 0 Å². The predicted octanol–water partition coefficient (Wildman–Crippen LogP) is 4.57. The van der Waals surface area contributed by atoms with Gasteiger partial charge < -0.3 is 39.0 Å². The van der Waals surface area contributed by atoms with E-state index in [-0.39, 0.29) is 34.9 Å². The number of aliphatic hydroxyl groups excluding tert-OH is 1. The Bertz CT molecular complexity index is 1670. The molecule has 0 unspecified atom stereocenters. The number of methoxy groups -OCH3 is 4. The number of aromatic amines is 1. The second kappa shape index (κ2) is 11.2. The summed E-state index contributed by atoms with van der Waals surface area (Å²) in [6.45, 7) is 0.172. The molecule has 1 amide bonds. The SMILES string of the molecule is COc1ccc2[nH]cc(CCN3C(=O)C(=O)C(=C(O)c4ccc(OC)c(OC)c4)[C@@H]3c3ccc(O)c(OC)c3)c2c1. The third kappa shape index (κ3) is 4.88. The van der Waals surface area contributed by atoms with E-state index in [1.165, 1.54) is 38.4 Å². The molecule has 5 rings (SSSR count). The number of ether oxygens (including phenoxy) is 4. The molecule has 1 aromatic heterocycles. The van der Waals surface area contributed by atoms with Crippen LogP contribution in [0.25, 0.3) is 16.7 Å². The number of ketones is 1. The molecule has 1 aliphatic rings. The summed E-state index contributed by atoms with van der Waals surface area (Å²) < 4.78 is 21.3. The van der Waals surface area contributed by atoms with Gasteiger partial charge in [0.05, 0.1) is 40.1 Å². The van der Waals surface area contributed by atoms with Crippen molar-refractivity contribution in [2.45, 2.75) is 12.5 Å². The number of phenolic OH excluding ortho intramolecular Hbond substituents is 1. The van der Waals surface area contributed by atoms with Crippen molar-refractivity contribution in [1.82, 2.24) is 9.88 Å². The highest BCUT2D eigenvalue weighted by Crippen LogP contribution is 2.43. The van der Waals surface area contributed by atoms with Crippen LogP contribution in [0.15, 0.2) is 66.4 Å². The second-order valence-electron chi connectivity index (χ2n) is 9.47. The highest BCUT2D eigenvalue weighted by molar-refractivity contribution is 6.46. The monoisotopic (exact) mass is 558 g/mol. The smallest absolute Gasteiger partial charge is 0.295 e. The molecule has 212 valence electrons. The number of nitrogens with zero attached hydrogens (tertiary/aromatic N) is 1. The molecule has 0 bridgehead atoms. The lowest BCUT2D eigenvalue weighted by Crippen LogP contribution is -2.31. The Hall–Kier alpha value is -5.12. The van der Waals surface area contributed by atoms with E-state index in [0.29, 0.717) is 29.2 Å². The fourth-order valence-corrected chi connectivity index (χ4v) is 5.19. The molecule has 1 fully saturated rings. The van der Waals surface area contributed by atoms with Crippen LogP contribution in [0.2, 0.25) is 0 Å². The van der Waals surface area contributed by atoms with E-state index < -0.39 is 17.7 Å². The Balaban J connectivity index is 1.60. The van der Waals surface area contributed by atoms with Gasteiger partial charge in [0.15, 0.2) is 23.0 Å². The van der Waals surface area contributed by atoms with Crippen LogP contribution in [0.4, 0.5) is 0 Å². The molecule has 3 aromatic carbocycles. The van der Waals surface area contributed by atoms with E-state index >= 15 is 0 Å². The number of phenols is 1. The van der Waals surface area contributed by atoms with Gasteiger partial charge in [0.25, 0.3) is 11.7 Å². The highest BCUT2D eigenvalue weighted by atomic mass is 16.5. The fourth-order valence-electron chi connectivity index (χ4n) is 5.19. The molecule has 10 heteroatoms. The average molecular weight is 559 g/mol. The molecule has 41 heavy (non-hydrogen) atoms. The van der Waals surface area contributed by atoms with Crippen LogP contribution < -0.4 is 18.9 Å². The molecular weight excluding hydrogens is 528 g/mol. The first-order valence-corrected chi connectivity index (χ1v) is 12.8. The molecule has 10 nitrogen and oxygen atoms in total. The lowest BCUT2D eigenvalue weighted by Gasteiger charge is -2.26. The maximum absolute atomic E-state index is 13.5. The number of hydrogen-bond donors (Lipinski definition) is 3. The Morgan fingerprint density at radius 1 is 0.878 bits per heavy atom. The van der Waals surface area contributed by atoms with Gasteiger partial charge in [-0.3, -0.25) is 9.59 Å². The lowest BCUT2D eigenvalue weighted by atomic mass is 9.94. The summed E-state index contributed by atoms with van der Waals surface area (Å²) in [5.74, 6) is -0.367. The van der Waals surface area contributed by atoms with E-state index in [4.69, 9.17) is 18.9 Å². The summed E-state index contributed by atoms with van der Waals surface area (Å²) in [7, 11) is 5.95. The van der Waals surface area contributed by atoms with Crippen molar-refractivity contribution >= 4 is 28.4 Å². The Morgan fingerprint density at radius 3 is 2.34 bits per heavy atom. The quantitative estimate of drug-likeness (QED) is 0.155. The normalized spacial score (nSPS) is 16.3. The maximum Gasteiger partial charge on any atom is 0.295 e. The number of carbonyl (C=O) groups is 2. The second-order valence-corrected chi connectivity index (χ2v) is 9.47. The Kier molecular flexibility index (Phi) is 7.47. The van der Waals surface area contributed by atoms with Crippen LogP contribution in [0, 0.1) is 0 Å². The number of aromatic nitrogens is 1. The van der Waals surface area contributed by atoms with Gasteiger partial charge in [-0.1, -0.05) is 6.07 Å². The van der Waals surface area contributed by atoms with E-state index in [9.17, 15) is 19.8 Å². The van der Waals surface area contributed by atoms with Gasteiger partial charge in [0.1, 0.15) is 11.5 Å². The van der Waals surface area contributed by atoms with Gasteiger partial charge in [-0.2, -0.15) is 0 Å².